The lowest BCUT2D eigenvalue weighted by molar-refractivity contribution is 0.102. The Morgan fingerprint density at radius 1 is 1.37 bits per heavy atom. The second kappa shape index (κ2) is 5.39. The number of pyridine rings is 1. The Hall–Kier alpha value is -2.56. The van der Waals surface area contributed by atoms with Crippen molar-refractivity contribution in [1.29, 1.82) is 0 Å². The zero-order valence-electron chi connectivity index (χ0n) is 10.8. The smallest absolute Gasteiger partial charge is 0.261 e. The van der Waals surface area contributed by atoms with Crippen LogP contribution in [0.3, 0.4) is 0 Å². The molecule has 2 aromatic rings. The van der Waals surface area contributed by atoms with Crippen LogP contribution in [-0.2, 0) is 0 Å². The fourth-order valence-electron chi connectivity index (χ4n) is 1.78. The van der Waals surface area contributed by atoms with Crippen LogP contribution in [0.1, 0.15) is 15.9 Å². The molecule has 0 radical (unpaired) electrons. The number of nitrogen functional groups attached to an aromatic ring is 1. The number of anilines is 2. The number of rotatable bonds is 3. The van der Waals surface area contributed by atoms with Crippen LogP contribution in [0.25, 0.3) is 0 Å². The van der Waals surface area contributed by atoms with E-state index < -0.39 is 0 Å². The van der Waals surface area contributed by atoms with Gasteiger partial charge in [-0.2, -0.15) is 0 Å². The molecule has 1 amide bonds. The lowest BCUT2D eigenvalue weighted by Gasteiger charge is -2.11. The van der Waals surface area contributed by atoms with Gasteiger partial charge in [-0.1, -0.05) is 6.07 Å². The van der Waals surface area contributed by atoms with Gasteiger partial charge in [0.2, 0.25) is 0 Å². The van der Waals surface area contributed by atoms with Gasteiger partial charge in [-0.25, -0.2) is 0 Å². The van der Waals surface area contributed by atoms with Crippen LogP contribution in [0.5, 0.6) is 5.75 Å². The Morgan fingerprint density at radius 3 is 2.84 bits per heavy atom. The van der Waals surface area contributed by atoms with Gasteiger partial charge in [-0.15, -0.1) is 0 Å². The number of methoxy groups -OCH3 is 1. The predicted molar refractivity (Wildman–Crippen MR) is 74.3 cm³/mol. The molecule has 19 heavy (non-hydrogen) atoms. The van der Waals surface area contributed by atoms with Crippen LogP contribution >= 0.6 is 0 Å². The van der Waals surface area contributed by atoms with Crippen LogP contribution in [0.15, 0.2) is 36.7 Å². The summed E-state index contributed by atoms with van der Waals surface area (Å²) in [7, 11) is 1.50. The Balaban J connectivity index is 2.30. The second-order valence-corrected chi connectivity index (χ2v) is 4.13. The summed E-state index contributed by atoms with van der Waals surface area (Å²) in [6.07, 6.45) is 3.30. The second-order valence-electron chi connectivity index (χ2n) is 4.13. The molecular formula is C14H15N3O2. The number of carbonyl (C=O) groups is 1. The van der Waals surface area contributed by atoms with E-state index >= 15 is 0 Å². The summed E-state index contributed by atoms with van der Waals surface area (Å²) >= 11 is 0. The number of aryl methyl sites for hydroxylation is 1. The van der Waals surface area contributed by atoms with E-state index in [-0.39, 0.29) is 5.91 Å². The minimum absolute atomic E-state index is 0.317. The molecule has 2 rings (SSSR count). The average Bonchev–Trinajstić information content (AvgIpc) is 2.38. The number of nitrogens with zero attached hydrogens (tertiary/aromatic N) is 1. The minimum Gasteiger partial charge on any atom is -0.496 e. The molecule has 3 N–H and O–H groups in total. The summed E-state index contributed by atoms with van der Waals surface area (Å²) in [5.41, 5.74) is 8.11. The van der Waals surface area contributed by atoms with Crippen molar-refractivity contribution in [2.45, 2.75) is 6.92 Å². The van der Waals surface area contributed by atoms with Crippen molar-refractivity contribution >= 4 is 17.3 Å². The number of ether oxygens (including phenoxy) is 1. The first-order valence-electron chi connectivity index (χ1n) is 5.77. The number of benzene rings is 1. The fraction of sp³-hybridized carbons (Fsp3) is 0.143. The van der Waals surface area contributed by atoms with E-state index in [1.807, 2.05) is 13.0 Å². The average molecular weight is 257 g/mol. The van der Waals surface area contributed by atoms with Crippen molar-refractivity contribution in [3.63, 3.8) is 0 Å². The largest absolute Gasteiger partial charge is 0.496 e. The van der Waals surface area contributed by atoms with E-state index in [1.165, 1.54) is 7.11 Å². The maximum absolute atomic E-state index is 12.2. The van der Waals surface area contributed by atoms with Crippen LogP contribution in [-0.4, -0.2) is 18.0 Å². The molecule has 0 unspecified atom stereocenters. The van der Waals surface area contributed by atoms with Crippen LogP contribution in [0.2, 0.25) is 0 Å². The molecule has 1 aromatic heterocycles. The Morgan fingerprint density at radius 2 is 2.16 bits per heavy atom. The molecule has 1 aromatic carbocycles. The molecule has 98 valence electrons. The molecular weight excluding hydrogens is 242 g/mol. The molecule has 5 heteroatoms. The van der Waals surface area contributed by atoms with Crippen molar-refractivity contribution in [3.8, 4) is 5.75 Å². The molecule has 0 fully saturated rings. The standard InChI is InChI=1S/C14H15N3O2/c1-9-6-10(8-16-7-9)17-14(18)13-11(15)4-3-5-12(13)19-2/h3-8H,15H2,1-2H3,(H,17,18). The van der Waals surface area contributed by atoms with Gasteiger partial charge in [-0.3, -0.25) is 9.78 Å². The van der Waals surface area contributed by atoms with Crippen LogP contribution in [0, 0.1) is 6.92 Å². The van der Waals surface area contributed by atoms with E-state index in [2.05, 4.69) is 10.3 Å². The first kappa shape index (κ1) is 12.9. The van der Waals surface area contributed by atoms with E-state index in [4.69, 9.17) is 10.5 Å². The van der Waals surface area contributed by atoms with E-state index in [9.17, 15) is 4.79 Å². The first-order valence-corrected chi connectivity index (χ1v) is 5.77. The van der Waals surface area contributed by atoms with Crippen molar-refractivity contribution in [3.05, 3.63) is 47.8 Å². The zero-order chi connectivity index (χ0) is 13.8. The summed E-state index contributed by atoms with van der Waals surface area (Å²) in [4.78, 5) is 16.2. The highest BCUT2D eigenvalue weighted by Gasteiger charge is 2.15. The van der Waals surface area contributed by atoms with Gasteiger partial charge in [0.15, 0.2) is 0 Å². The molecule has 1 heterocycles. The first-order chi connectivity index (χ1) is 9.11. The Labute approximate surface area is 111 Å². The van der Waals surface area contributed by atoms with Crippen molar-refractivity contribution in [2.24, 2.45) is 0 Å². The quantitative estimate of drug-likeness (QED) is 0.827. The summed E-state index contributed by atoms with van der Waals surface area (Å²) in [5.74, 6) is 0.125. The van der Waals surface area contributed by atoms with Crippen molar-refractivity contribution in [2.75, 3.05) is 18.2 Å². The summed E-state index contributed by atoms with van der Waals surface area (Å²) in [6.45, 7) is 1.90. The highest BCUT2D eigenvalue weighted by atomic mass is 16.5. The van der Waals surface area contributed by atoms with Gasteiger partial charge in [0.05, 0.1) is 19.0 Å². The molecule has 0 aliphatic rings. The Bertz CT molecular complexity index is 611. The van der Waals surface area contributed by atoms with E-state index in [0.717, 1.165) is 5.56 Å². The third-order valence-electron chi connectivity index (χ3n) is 2.64. The normalized spacial score (nSPS) is 10.0. The number of carbonyl (C=O) groups excluding carboxylic acids is 1. The molecule has 0 aliphatic heterocycles. The van der Waals surface area contributed by atoms with E-state index in [1.54, 1.807) is 30.6 Å². The van der Waals surface area contributed by atoms with Crippen molar-refractivity contribution < 1.29 is 9.53 Å². The number of amides is 1. The summed E-state index contributed by atoms with van der Waals surface area (Å²) in [6, 6.07) is 6.92. The molecule has 0 bridgehead atoms. The lowest BCUT2D eigenvalue weighted by Crippen LogP contribution is -2.15. The van der Waals surface area contributed by atoms with Gasteiger partial charge in [0, 0.05) is 11.9 Å². The highest BCUT2D eigenvalue weighted by molar-refractivity contribution is 6.09. The Kier molecular flexibility index (Phi) is 3.66. The SMILES string of the molecule is COc1cccc(N)c1C(=O)Nc1cncc(C)c1. The summed E-state index contributed by atoms with van der Waals surface area (Å²) < 4.78 is 5.15. The number of nitrogens with one attached hydrogen (secondary N) is 1. The van der Waals surface area contributed by atoms with Gasteiger partial charge >= 0.3 is 0 Å². The number of nitrogens with two attached hydrogens (primary N) is 1. The van der Waals surface area contributed by atoms with E-state index in [0.29, 0.717) is 22.7 Å². The number of hydrogen-bond donors (Lipinski definition) is 2. The molecule has 0 saturated carbocycles. The number of aromatic nitrogens is 1. The topological polar surface area (TPSA) is 77.2 Å². The maximum atomic E-state index is 12.2. The van der Waals surface area contributed by atoms with Crippen LogP contribution < -0.4 is 15.8 Å². The number of hydrogen-bond acceptors (Lipinski definition) is 4. The molecule has 5 nitrogen and oxygen atoms in total. The monoisotopic (exact) mass is 257 g/mol. The van der Waals surface area contributed by atoms with Gasteiger partial charge in [0.1, 0.15) is 11.3 Å². The molecule has 0 atom stereocenters. The lowest BCUT2D eigenvalue weighted by atomic mass is 10.1. The zero-order valence-corrected chi connectivity index (χ0v) is 10.8. The summed E-state index contributed by atoms with van der Waals surface area (Å²) in [5, 5.41) is 2.75. The van der Waals surface area contributed by atoms with Gasteiger partial charge < -0.3 is 15.8 Å². The van der Waals surface area contributed by atoms with Gasteiger partial charge in [-0.05, 0) is 30.7 Å². The highest BCUT2D eigenvalue weighted by Crippen LogP contribution is 2.25. The minimum atomic E-state index is -0.317. The third-order valence-corrected chi connectivity index (χ3v) is 2.64. The van der Waals surface area contributed by atoms with Gasteiger partial charge in [0.25, 0.3) is 5.91 Å². The molecule has 0 saturated heterocycles. The molecule has 0 spiro atoms. The molecule has 0 aliphatic carbocycles. The third kappa shape index (κ3) is 2.82. The van der Waals surface area contributed by atoms with Crippen LogP contribution in [0.4, 0.5) is 11.4 Å². The predicted octanol–water partition coefficient (Wildman–Crippen LogP) is 2.23. The maximum Gasteiger partial charge on any atom is 0.261 e. The van der Waals surface area contributed by atoms with Crippen molar-refractivity contribution in [1.82, 2.24) is 4.98 Å². The fourth-order valence-corrected chi connectivity index (χ4v) is 1.78.